The summed E-state index contributed by atoms with van der Waals surface area (Å²) in [5.41, 5.74) is 32.7. The van der Waals surface area contributed by atoms with Crippen molar-refractivity contribution in [1.29, 1.82) is 0 Å². The van der Waals surface area contributed by atoms with Crippen LogP contribution in [0.4, 0.5) is 0 Å². The molecule has 0 aromatic carbocycles. The molecule has 0 heterocycles. The van der Waals surface area contributed by atoms with E-state index in [1.165, 1.54) is 6.08 Å². The summed E-state index contributed by atoms with van der Waals surface area (Å²) in [5.74, 6) is 0. The molecule has 2 nitrogen and oxygen atoms in total. The zero-order chi connectivity index (χ0) is 16.6. The minimum Gasteiger partial charge on any atom is -0.387 e. The molecule has 0 unspecified atom stereocenters. The van der Waals surface area contributed by atoms with Crippen molar-refractivity contribution in [2.24, 2.45) is 0 Å². The Kier molecular flexibility index (Phi) is 11.0. The number of rotatable bonds is 3. The number of hydrogen-bond donors (Lipinski definition) is 1. The van der Waals surface area contributed by atoms with Crippen molar-refractivity contribution in [3.8, 4) is 0 Å². The lowest BCUT2D eigenvalue weighted by molar-refractivity contribution is 0.123. The minimum absolute atomic E-state index is 0.00695. The molecule has 0 aromatic rings. The Bertz CT molecular complexity index is 869. The summed E-state index contributed by atoms with van der Waals surface area (Å²) in [6.45, 7) is 5.21. The van der Waals surface area contributed by atoms with Gasteiger partial charge in [-0.1, -0.05) is 11.5 Å². The quantitative estimate of drug-likeness (QED) is 0.805. The van der Waals surface area contributed by atoms with E-state index in [0.29, 0.717) is 0 Å². The van der Waals surface area contributed by atoms with Crippen molar-refractivity contribution in [3.63, 3.8) is 0 Å². The molecule has 0 aromatic heterocycles. The maximum Gasteiger partial charge on any atom is 0.0953 e. The van der Waals surface area contributed by atoms with Gasteiger partial charge in [-0.15, -0.1) is 0 Å². The van der Waals surface area contributed by atoms with Gasteiger partial charge in [0.25, 0.3) is 0 Å². The third-order valence-electron chi connectivity index (χ3n) is 2.35. The van der Waals surface area contributed by atoms with Gasteiger partial charge < -0.3 is 10.0 Å². The van der Waals surface area contributed by atoms with Crippen LogP contribution in [0.5, 0.6) is 0 Å². The topological polar surface area (TPSA) is 23.5 Å². The first-order valence-electron chi connectivity index (χ1n) is 6.30. The lowest BCUT2D eigenvalue weighted by Gasteiger charge is -2.22. The van der Waals surface area contributed by atoms with Gasteiger partial charge in [-0.3, -0.25) is 0 Å². The average molecular weight is 285 g/mol. The highest BCUT2D eigenvalue weighted by molar-refractivity contribution is 4.95. The Hall–Kier alpha value is -3.20. The molecule has 0 amide bonds. The smallest absolute Gasteiger partial charge is 0.0953 e. The largest absolute Gasteiger partial charge is 0.387 e. The number of likely N-dealkylation sites (N-methyl/N-ethyl adjacent to an activating group) is 1. The highest BCUT2D eigenvalue weighted by Gasteiger charge is 2.11. The van der Waals surface area contributed by atoms with Crippen LogP contribution in [0.3, 0.4) is 0 Å². The molecule has 0 rings (SSSR count). The maximum atomic E-state index is 9.74. The molecule has 2 heteroatoms. The summed E-state index contributed by atoms with van der Waals surface area (Å²) in [6, 6.07) is -0.00695. The van der Waals surface area contributed by atoms with E-state index in [1.54, 1.807) is 0 Å². The second-order valence-corrected chi connectivity index (χ2v) is 4.06. The summed E-state index contributed by atoms with van der Waals surface area (Å²) in [7, 11) is 3.78. The molecule has 0 bridgehead atoms. The minimum atomic E-state index is -0.624. The van der Waals surface area contributed by atoms with Gasteiger partial charge in [-0.25, -0.2) is 0 Å². The lowest BCUT2D eigenvalue weighted by Crippen LogP contribution is -2.34. The van der Waals surface area contributed by atoms with Crippen molar-refractivity contribution in [2.75, 3.05) is 14.1 Å². The third kappa shape index (κ3) is 10.7. The molecule has 106 valence electrons. The Morgan fingerprint density at radius 2 is 1.23 bits per heavy atom. The molecular weight excluding hydrogens is 270 g/mol. The Balaban J connectivity index is 5.35. The molecule has 2 atom stereocenters. The summed E-state index contributed by atoms with van der Waals surface area (Å²) < 4.78 is 0. The second-order valence-electron chi connectivity index (χ2n) is 4.06. The highest BCUT2D eigenvalue weighted by atomic mass is 16.3. The van der Waals surface area contributed by atoms with Crippen LogP contribution in [0.15, 0.2) is 87.2 Å². The normalized spacial score (nSPS) is 9.50. The van der Waals surface area contributed by atoms with Crippen molar-refractivity contribution in [2.45, 2.75) is 19.1 Å². The van der Waals surface area contributed by atoms with Crippen molar-refractivity contribution in [1.82, 2.24) is 4.90 Å². The van der Waals surface area contributed by atoms with Gasteiger partial charge in [-0.2, -0.15) is 0 Å². The number of aliphatic hydroxyl groups is 1. The third-order valence-corrected chi connectivity index (χ3v) is 2.35. The van der Waals surface area contributed by atoms with Gasteiger partial charge in [0, 0.05) is 6.04 Å². The molecule has 1 N–H and O–H groups in total. The predicted octanol–water partition coefficient (Wildman–Crippen LogP) is 2.50. The Morgan fingerprint density at radius 3 is 1.64 bits per heavy atom. The van der Waals surface area contributed by atoms with Crippen molar-refractivity contribution < 1.29 is 5.11 Å². The van der Waals surface area contributed by atoms with Crippen LogP contribution < -0.4 is 0 Å². The van der Waals surface area contributed by atoms with Crippen LogP contribution in [0.1, 0.15) is 6.92 Å². The lowest BCUT2D eigenvalue weighted by atomic mass is 10.2. The highest BCUT2D eigenvalue weighted by Crippen LogP contribution is 1.99. The predicted molar refractivity (Wildman–Crippen MR) is 85.0 cm³/mol. The van der Waals surface area contributed by atoms with Crippen LogP contribution in [0, 0.1) is 0 Å². The van der Waals surface area contributed by atoms with Gasteiger partial charge >= 0.3 is 0 Å². The fourth-order valence-electron chi connectivity index (χ4n) is 0.933. The summed E-state index contributed by atoms with van der Waals surface area (Å²) in [4.78, 5) is 1.91. The van der Waals surface area contributed by atoms with E-state index in [1.807, 2.05) is 25.9 Å². The van der Waals surface area contributed by atoms with Gasteiger partial charge in [-0.05, 0) is 96.7 Å². The molecule has 0 radical (unpaired) electrons. The summed E-state index contributed by atoms with van der Waals surface area (Å²) >= 11 is 0. The molecule has 0 aliphatic heterocycles. The van der Waals surface area contributed by atoms with E-state index >= 15 is 0 Å². The number of hydrogen-bond acceptors (Lipinski definition) is 2. The van der Waals surface area contributed by atoms with E-state index in [9.17, 15) is 5.11 Å². The van der Waals surface area contributed by atoms with E-state index in [-0.39, 0.29) is 6.04 Å². The molecule has 0 saturated carbocycles. The van der Waals surface area contributed by atoms with Crippen LogP contribution in [-0.4, -0.2) is 36.2 Å². The first-order valence-corrected chi connectivity index (χ1v) is 6.30. The van der Waals surface area contributed by atoms with Crippen molar-refractivity contribution in [3.05, 3.63) is 87.2 Å². The number of nitrogens with zero attached hydrogens (tertiary/aromatic N) is 1. The standard InChI is InChI=1S/C20H15NO/c1-5-6-7-8-9-10-11-12-13-14-15-16-17-18-20(22)19(2)21(3)4/h18-20,22H,1H2,2-4H3/t19-,20-/m0/s1. The molecule has 22 heavy (non-hydrogen) atoms. The van der Waals surface area contributed by atoms with Gasteiger partial charge in [0.2, 0.25) is 0 Å². The number of aliphatic hydroxyl groups excluding tert-OH is 1. The molecule has 0 saturated heterocycles. The SMILES string of the molecule is C=C=C=C=C=C=C=C=C=C=C=C=C=C=C[C@H](O)[C@H](C)N(C)C. The monoisotopic (exact) mass is 285 g/mol. The second kappa shape index (κ2) is 12.8. The van der Waals surface area contributed by atoms with Gasteiger partial charge in [0.15, 0.2) is 0 Å². The zero-order valence-corrected chi connectivity index (χ0v) is 12.8. The zero-order valence-electron chi connectivity index (χ0n) is 12.8. The summed E-state index contributed by atoms with van der Waals surface area (Å²) in [6.07, 6.45) is 0.880. The van der Waals surface area contributed by atoms with E-state index in [0.717, 1.165) is 0 Å². The molecule has 0 spiro atoms. The van der Waals surface area contributed by atoms with Crippen LogP contribution >= 0.6 is 0 Å². The van der Waals surface area contributed by atoms with E-state index in [4.69, 9.17) is 0 Å². The van der Waals surface area contributed by atoms with Gasteiger partial charge in [0.1, 0.15) is 0 Å². The Labute approximate surface area is 131 Å². The molecular formula is C20H15NO. The van der Waals surface area contributed by atoms with Crippen LogP contribution in [-0.2, 0) is 0 Å². The van der Waals surface area contributed by atoms with Gasteiger partial charge in [0.05, 0.1) is 6.10 Å². The molecule has 0 aliphatic carbocycles. The Morgan fingerprint density at radius 1 is 0.818 bits per heavy atom. The molecule has 0 aliphatic rings. The van der Waals surface area contributed by atoms with Crippen LogP contribution in [0.25, 0.3) is 0 Å². The van der Waals surface area contributed by atoms with E-state index < -0.39 is 6.10 Å². The van der Waals surface area contributed by atoms with Crippen LogP contribution in [0.2, 0.25) is 0 Å². The molecule has 0 fully saturated rings. The first kappa shape index (κ1) is 18.8. The average Bonchev–Trinajstić information content (AvgIpc) is 2.50. The fraction of sp³-hybridized carbons (Fsp3) is 0.250. The first-order chi connectivity index (χ1) is 10.6. The fourth-order valence-corrected chi connectivity index (χ4v) is 0.933. The summed E-state index contributed by atoms with van der Waals surface area (Å²) in [5, 5.41) is 9.74. The van der Waals surface area contributed by atoms with E-state index in [2.05, 4.69) is 81.1 Å². The van der Waals surface area contributed by atoms with Crippen molar-refractivity contribution >= 4 is 0 Å². The maximum absolute atomic E-state index is 9.74.